The highest BCUT2D eigenvalue weighted by molar-refractivity contribution is 5.94. The number of methoxy groups -OCH3 is 1. The van der Waals surface area contributed by atoms with Crippen LogP contribution in [0.3, 0.4) is 0 Å². The van der Waals surface area contributed by atoms with Crippen molar-refractivity contribution < 1.29 is 19.0 Å². The minimum Gasteiger partial charge on any atom is -0.478 e. The lowest BCUT2D eigenvalue weighted by molar-refractivity contribution is 0.0388. The maximum absolute atomic E-state index is 11.6. The molecule has 0 spiro atoms. The third kappa shape index (κ3) is 4.18. The fourth-order valence-corrected chi connectivity index (χ4v) is 1.29. The van der Waals surface area contributed by atoms with E-state index in [-0.39, 0.29) is 12.5 Å². The normalized spacial score (nSPS) is 9.89. The number of carbonyl (C=O) groups excluding carboxylic acids is 1. The lowest BCUT2D eigenvalue weighted by Crippen LogP contribution is -2.10. The standard InChI is InChI=1S/C13H17NO4/c1-3-17-12(14)10-4-6-11(7-5-10)13(15)18-9-8-16-2/h4-7,14H,3,8-9H2,1-2H3. The number of rotatable bonds is 6. The predicted octanol–water partition coefficient (Wildman–Crippen LogP) is 1.85. The van der Waals surface area contributed by atoms with Gasteiger partial charge < -0.3 is 14.2 Å². The van der Waals surface area contributed by atoms with E-state index >= 15 is 0 Å². The lowest BCUT2D eigenvalue weighted by atomic mass is 10.1. The lowest BCUT2D eigenvalue weighted by Gasteiger charge is -2.06. The van der Waals surface area contributed by atoms with Gasteiger partial charge in [-0.3, -0.25) is 5.41 Å². The summed E-state index contributed by atoms with van der Waals surface area (Å²) in [6, 6.07) is 6.53. The minimum absolute atomic E-state index is 0.0943. The van der Waals surface area contributed by atoms with Crippen LogP contribution in [0, 0.1) is 5.41 Å². The molecular formula is C13H17NO4. The highest BCUT2D eigenvalue weighted by atomic mass is 16.6. The molecule has 0 bridgehead atoms. The van der Waals surface area contributed by atoms with Crippen LogP contribution in [-0.2, 0) is 14.2 Å². The zero-order valence-corrected chi connectivity index (χ0v) is 10.6. The summed E-state index contributed by atoms with van der Waals surface area (Å²) in [7, 11) is 1.54. The fraction of sp³-hybridized carbons (Fsp3) is 0.385. The molecule has 0 unspecified atom stereocenters. The SMILES string of the molecule is CCOC(=N)c1ccc(C(=O)OCCOC)cc1. The molecule has 1 N–H and O–H groups in total. The zero-order valence-electron chi connectivity index (χ0n) is 10.6. The van der Waals surface area contributed by atoms with Gasteiger partial charge in [0.15, 0.2) is 0 Å². The van der Waals surface area contributed by atoms with Gasteiger partial charge in [-0.05, 0) is 31.2 Å². The van der Waals surface area contributed by atoms with Crippen molar-refractivity contribution in [1.82, 2.24) is 0 Å². The molecule has 98 valence electrons. The molecule has 0 atom stereocenters. The molecule has 0 saturated carbocycles. The molecule has 5 heteroatoms. The summed E-state index contributed by atoms with van der Waals surface area (Å²) >= 11 is 0. The summed E-state index contributed by atoms with van der Waals surface area (Å²) < 4.78 is 14.8. The molecular weight excluding hydrogens is 234 g/mol. The molecule has 0 aliphatic heterocycles. The molecule has 0 aliphatic carbocycles. The topological polar surface area (TPSA) is 68.6 Å². The van der Waals surface area contributed by atoms with Crippen molar-refractivity contribution in [3.63, 3.8) is 0 Å². The molecule has 0 aliphatic rings. The van der Waals surface area contributed by atoms with Crippen LogP contribution in [-0.4, -0.2) is 38.8 Å². The van der Waals surface area contributed by atoms with Gasteiger partial charge >= 0.3 is 5.97 Å². The van der Waals surface area contributed by atoms with Gasteiger partial charge in [-0.25, -0.2) is 4.79 Å². The van der Waals surface area contributed by atoms with Crippen LogP contribution >= 0.6 is 0 Å². The minimum atomic E-state index is -0.401. The Morgan fingerprint density at radius 3 is 2.28 bits per heavy atom. The van der Waals surface area contributed by atoms with E-state index in [0.717, 1.165) is 0 Å². The number of ether oxygens (including phenoxy) is 3. The molecule has 0 heterocycles. The third-order valence-corrected chi connectivity index (χ3v) is 2.19. The van der Waals surface area contributed by atoms with E-state index in [4.69, 9.17) is 19.6 Å². The highest BCUT2D eigenvalue weighted by Gasteiger charge is 2.08. The number of hydrogen-bond donors (Lipinski definition) is 1. The molecule has 1 rings (SSSR count). The van der Waals surface area contributed by atoms with Crippen LogP contribution < -0.4 is 0 Å². The second kappa shape index (κ2) is 7.45. The Morgan fingerprint density at radius 1 is 1.11 bits per heavy atom. The van der Waals surface area contributed by atoms with Crippen LogP contribution in [0.4, 0.5) is 0 Å². The van der Waals surface area contributed by atoms with E-state index in [1.807, 2.05) is 6.92 Å². The number of carbonyl (C=O) groups is 1. The molecule has 0 saturated heterocycles. The summed E-state index contributed by atoms with van der Waals surface area (Å²) in [5.41, 5.74) is 1.07. The van der Waals surface area contributed by atoms with E-state index < -0.39 is 5.97 Å². The first-order chi connectivity index (χ1) is 8.69. The van der Waals surface area contributed by atoms with Crippen molar-refractivity contribution >= 4 is 11.9 Å². The number of nitrogens with one attached hydrogen (secondary N) is 1. The molecule has 0 fully saturated rings. The van der Waals surface area contributed by atoms with Gasteiger partial charge in [0.2, 0.25) is 5.90 Å². The molecule has 0 amide bonds. The number of benzene rings is 1. The van der Waals surface area contributed by atoms with Gasteiger partial charge in [0.05, 0.1) is 18.8 Å². The second-order valence-electron chi connectivity index (χ2n) is 3.47. The Kier molecular flexibility index (Phi) is 5.87. The van der Waals surface area contributed by atoms with E-state index in [1.165, 1.54) is 0 Å². The van der Waals surface area contributed by atoms with Gasteiger partial charge in [0.1, 0.15) is 6.61 Å². The second-order valence-corrected chi connectivity index (χ2v) is 3.47. The average Bonchev–Trinajstić information content (AvgIpc) is 2.39. The summed E-state index contributed by atoms with van der Waals surface area (Å²) in [5, 5.41) is 7.59. The van der Waals surface area contributed by atoms with Gasteiger partial charge in [-0.1, -0.05) is 0 Å². The van der Waals surface area contributed by atoms with Crippen molar-refractivity contribution in [3.8, 4) is 0 Å². The molecule has 1 aromatic rings. The number of hydrogen-bond acceptors (Lipinski definition) is 5. The van der Waals surface area contributed by atoms with Crippen molar-refractivity contribution in [1.29, 1.82) is 5.41 Å². The van der Waals surface area contributed by atoms with E-state index in [1.54, 1.807) is 31.4 Å². The first-order valence-electron chi connectivity index (χ1n) is 5.67. The summed E-state index contributed by atoms with van der Waals surface area (Å²) in [5.74, 6) is -0.307. The van der Waals surface area contributed by atoms with Gasteiger partial charge in [-0.15, -0.1) is 0 Å². The maximum atomic E-state index is 11.6. The Morgan fingerprint density at radius 2 is 1.72 bits per heavy atom. The largest absolute Gasteiger partial charge is 0.478 e. The van der Waals surface area contributed by atoms with Crippen molar-refractivity contribution in [2.45, 2.75) is 6.92 Å². The molecule has 0 radical (unpaired) electrons. The Hall–Kier alpha value is -1.88. The van der Waals surface area contributed by atoms with Crippen LogP contribution in [0.2, 0.25) is 0 Å². The van der Waals surface area contributed by atoms with Crippen molar-refractivity contribution in [2.24, 2.45) is 0 Å². The van der Waals surface area contributed by atoms with Gasteiger partial charge in [0.25, 0.3) is 0 Å². The Balaban J connectivity index is 2.59. The summed E-state index contributed by atoms with van der Waals surface area (Å²) in [4.78, 5) is 11.6. The van der Waals surface area contributed by atoms with Crippen LogP contribution in [0.5, 0.6) is 0 Å². The fourth-order valence-electron chi connectivity index (χ4n) is 1.29. The first kappa shape index (κ1) is 14.2. The van der Waals surface area contributed by atoms with E-state index in [2.05, 4.69) is 0 Å². The molecule has 0 aromatic heterocycles. The van der Waals surface area contributed by atoms with Gasteiger partial charge in [0, 0.05) is 12.7 Å². The summed E-state index contributed by atoms with van der Waals surface area (Å²) in [6.45, 7) is 2.86. The zero-order chi connectivity index (χ0) is 13.4. The third-order valence-electron chi connectivity index (χ3n) is 2.19. The number of esters is 1. The van der Waals surface area contributed by atoms with Crippen LogP contribution in [0.25, 0.3) is 0 Å². The van der Waals surface area contributed by atoms with Crippen LogP contribution in [0.15, 0.2) is 24.3 Å². The predicted molar refractivity (Wildman–Crippen MR) is 67.1 cm³/mol. The van der Waals surface area contributed by atoms with E-state index in [9.17, 15) is 4.79 Å². The molecule has 18 heavy (non-hydrogen) atoms. The van der Waals surface area contributed by atoms with Crippen molar-refractivity contribution in [3.05, 3.63) is 35.4 Å². The monoisotopic (exact) mass is 251 g/mol. The van der Waals surface area contributed by atoms with Crippen molar-refractivity contribution in [2.75, 3.05) is 26.9 Å². The smallest absolute Gasteiger partial charge is 0.338 e. The Labute approximate surface area is 106 Å². The van der Waals surface area contributed by atoms with Gasteiger partial charge in [-0.2, -0.15) is 0 Å². The maximum Gasteiger partial charge on any atom is 0.338 e. The highest BCUT2D eigenvalue weighted by Crippen LogP contribution is 2.07. The molecule has 5 nitrogen and oxygen atoms in total. The summed E-state index contributed by atoms with van der Waals surface area (Å²) in [6.07, 6.45) is 0. The van der Waals surface area contributed by atoms with E-state index in [0.29, 0.717) is 24.3 Å². The average molecular weight is 251 g/mol. The Bertz CT molecular complexity index is 400. The first-order valence-corrected chi connectivity index (χ1v) is 5.67. The quantitative estimate of drug-likeness (QED) is 0.362. The molecule has 1 aromatic carbocycles. The van der Waals surface area contributed by atoms with Crippen LogP contribution in [0.1, 0.15) is 22.8 Å².